The number of aliphatic hydroxyl groups is 1. The topological polar surface area (TPSA) is 63.6 Å². The van der Waals surface area contributed by atoms with E-state index in [4.69, 9.17) is 5.11 Å². The molecule has 0 unspecified atom stereocenters. The van der Waals surface area contributed by atoms with Crippen LogP contribution in [0.4, 0.5) is 13.2 Å². The van der Waals surface area contributed by atoms with Gasteiger partial charge in [0, 0.05) is 6.61 Å². The molecule has 0 saturated heterocycles. The molecule has 8 heteroatoms. The molecular weight excluding hydrogens is 261 g/mol. The highest BCUT2D eigenvalue weighted by Gasteiger charge is 2.48. The van der Waals surface area contributed by atoms with Crippen molar-refractivity contribution in [3.8, 4) is 5.75 Å². The summed E-state index contributed by atoms with van der Waals surface area (Å²) in [6, 6.07) is 5.30. The Kier molecular flexibility index (Phi) is 3.99. The zero-order valence-corrected chi connectivity index (χ0v) is 9.25. The summed E-state index contributed by atoms with van der Waals surface area (Å²) in [5.41, 5.74) is -5.29. The minimum Gasteiger partial charge on any atom is -0.396 e. The second kappa shape index (κ2) is 4.92. The van der Waals surface area contributed by atoms with E-state index in [1.807, 2.05) is 0 Å². The second-order valence-electron chi connectivity index (χ2n) is 3.06. The molecule has 0 spiro atoms. The van der Waals surface area contributed by atoms with Gasteiger partial charge in [0.15, 0.2) is 0 Å². The van der Waals surface area contributed by atoms with Crippen molar-refractivity contribution in [1.82, 2.24) is 0 Å². The van der Waals surface area contributed by atoms with Crippen LogP contribution in [-0.2, 0) is 16.5 Å². The van der Waals surface area contributed by atoms with Crippen molar-refractivity contribution in [3.63, 3.8) is 0 Å². The molecule has 0 aliphatic carbocycles. The van der Waals surface area contributed by atoms with E-state index in [2.05, 4.69) is 4.18 Å². The Morgan fingerprint density at radius 1 is 1.24 bits per heavy atom. The maximum absolute atomic E-state index is 12.1. The molecule has 0 radical (unpaired) electrons. The van der Waals surface area contributed by atoms with E-state index in [-0.39, 0.29) is 18.6 Å². The zero-order valence-electron chi connectivity index (χ0n) is 8.44. The smallest absolute Gasteiger partial charge is 0.396 e. The van der Waals surface area contributed by atoms with Gasteiger partial charge in [-0.2, -0.15) is 21.6 Å². The van der Waals surface area contributed by atoms with Crippen LogP contribution < -0.4 is 4.18 Å². The average molecular weight is 270 g/mol. The normalized spacial score (nSPS) is 12.5. The molecule has 4 nitrogen and oxygen atoms in total. The van der Waals surface area contributed by atoms with Crippen molar-refractivity contribution < 1.29 is 30.9 Å². The molecule has 0 saturated carbocycles. The van der Waals surface area contributed by atoms with Crippen LogP contribution in [0.3, 0.4) is 0 Å². The van der Waals surface area contributed by atoms with E-state index in [0.717, 1.165) is 6.07 Å². The first-order valence-corrected chi connectivity index (χ1v) is 5.88. The van der Waals surface area contributed by atoms with E-state index in [9.17, 15) is 21.6 Å². The number of alkyl halides is 3. The van der Waals surface area contributed by atoms with Gasteiger partial charge in [-0.05, 0) is 18.1 Å². The summed E-state index contributed by atoms with van der Waals surface area (Å²) in [7, 11) is -5.67. The summed E-state index contributed by atoms with van der Waals surface area (Å²) in [5, 5.41) is 8.68. The molecule has 17 heavy (non-hydrogen) atoms. The molecule has 0 aliphatic rings. The third kappa shape index (κ3) is 3.34. The molecule has 0 fully saturated rings. The summed E-state index contributed by atoms with van der Waals surface area (Å²) in [6.07, 6.45) is 0.00352. The summed E-state index contributed by atoms with van der Waals surface area (Å²) < 4.78 is 61.7. The maximum atomic E-state index is 12.1. The van der Waals surface area contributed by atoms with Crippen LogP contribution in [0.15, 0.2) is 24.3 Å². The van der Waals surface area contributed by atoms with Gasteiger partial charge >= 0.3 is 15.6 Å². The lowest BCUT2D eigenvalue weighted by Gasteiger charge is -2.12. The van der Waals surface area contributed by atoms with Crippen LogP contribution in [0.2, 0.25) is 0 Å². The Balaban J connectivity index is 3.04. The Morgan fingerprint density at radius 2 is 1.82 bits per heavy atom. The van der Waals surface area contributed by atoms with E-state index in [1.54, 1.807) is 0 Å². The van der Waals surface area contributed by atoms with E-state index in [0.29, 0.717) is 0 Å². The van der Waals surface area contributed by atoms with Crippen molar-refractivity contribution in [3.05, 3.63) is 29.8 Å². The van der Waals surface area contributed by atoms with Crippen LogP contribution in [-0.4, -0.2) is 25.6 Å². The number of aliphatic hydroxyl groups excluding tert-OH is 1. The van der Waals surface area contributed by atoms with Crippen LogP contribution in [0.5, 0.6) is 5.75 Å². The summed E-state index contributed by atoms with van der Waals surface area (Å²) >= 11 is 0. The monoisotopic (exact) mass is 270 g/mol. The SMILES string of the molecule is O=S(=O)(Oc1ccccc1CCO)C(F)(F)F. The maximum Gasteiger partial charge on any atom is 0.534 e. The van der Waals surface area contributed by atoms with Gasteiger partial charge in [-0.15, -0.1) is 0 Å². The Morgan fingerprint density at radius 3 is 2.35 bits per heavy atom. The van der Waals surface area contributed by atoms with Gasteiger partial charge in [0.1, 0.15) is 5.75 Å². The molecule has 1 N–H and O–H groups in total. The van der Waals surface area contributed by atoms with Gasteiger partial charge in [0.05, 0.1) is 0 Å². The Labute approximate surface area is 95.8 Å². The lowest BCUT2D eigenvalue weighted by molar-refractivity contribution is -0.0500. The predicted octanol–water partition coefficient (Wildman–Crippen LogP) is 1.45. The molecular formula is C9H9F3O4S. The van der Waals surface area contributed by atoms with Crippen molar-refractivity contribution >= 4 is 10.1 Å². The molecule has 0 amide bonds. The highest BCUT2D eigenvalue weighted by Crippen LogP contribution is 2.28. The first-order chi connectivity index (χ1) is 7.78. The van der Waals surface area contributed by atoms with Gasteiger partial charge in [0.25, 0.3) is 0 Å². The molecule has 1 rings (SSSR count). The molecule has 0 atom stereocenters. The summed E-state index contributed by atoms with van der Waals surface area (Å²) in [6.45, 7) is -0.327. The van der Waals surface area contributed by atoms with Gasteiger partial charge < -0.3 is 9.29 Å². The highest BCUT2D eigenvalue weighted by atomic mass is 32.2. The minimum absolute atomic E-state index is 0.00352. The number of hydrogen-bond donors (Lipinski definition) is 1. The number of para-hydroxylation sites is 1. The first-order valence-electron chi connectivity index (χ1n) is 4.47. The Hall–Kier alpha value is -1.28. The van der Waals surface area contributed by atoms with Gasteiger partial charge in [0.2, 0.25) is 0 Å². The lowest BCUT2D eigenvalue weighted by atomic mass is 10.1. The zero-order chi connectivity index (χ0) is 13.1. The quantitative estimate of drug-likeness (QED) is 0.664. The fourth-order valence-electron chi connectivity index (χ4n) is 1.08. The van der Waals surface area contributed by atoms with Crippen LogP contribution >= 0.6 is 0 Å². The predicted molar refractivity (Wildman–Crippen MR) is 52.8 cm³/mol. The molecule has 0 heterocycles. The van der Waals surface area contributed by atoms with Gasteiger partial charge in [-0.1, -0.05) is 18.2 Å². The van der Waals surface area contributed by atoms with E-state index in [1.165, 1.54) is 18.2 Å². The highest BCUT2D eigenvalue weighted by molar-refractivity contribution is 7.88. The van der Waals surface area contributed by atoms with E-state index >= 15 is 0 Å². The molecule has 1 aromatic carbocycles. The average Bonchev–Trinajstić information content (AvgIpc) is 2.19. The molecule has 0 aromatic heterocycles. The molecule has 96 valence electrons. The van der Waals surface area contributed by atoms with Crippen molar-refractivity contribution in [2.24, 2.45) is 0 Å². The lowest BCUT2D eigenvalue weighted by Crippen LogP contribution is -2.28. The number of rotatable bonds is 4. The van der Waals surface area contributed by atoms with Crippen molar-refractivity contribution in [2.75, 3.05) is 6.61 Å². The standard InChI is InChI=1S/C9H9F3O4S/c10-9(11,12)17(14,15)16-8-4-2-1-3-7(8)5-6-13/h1-4,13H,5-6H2. The molecule has 0 bridgehead atoms. The third-order valence-corrected chi connectivity index (χ3v) is 2.80. The molecule has 0 aliphatic heterocycles. The minimum atomic E-state index is -5.67. The van der Waals surface area contributed by atoms with Crippen molar-refractivity contribution in [1.29, 1.82) is 0 Å². The summed E-state index contributed by atoms with van der Waals surface area (Å²) in [4.78, 5) is 0. The van der Waals surface area contributed by atoms with E-state index < -0.39 is 21.4 Å². The van der Waals surface area contributed by atoms with Crippen molar-refractivity contribution in [2.45, 2.75) is 11.9 Å². The number of benzene rings is 1. The van der Waals surface area contributed by atoms with Crippen LogP contribution in [0, 0.1) is 0 Å². The first kappa shape index (κ1) is 13.8. The number of hydrogen-bond acceptors (Lipinski definition) is 4. The van der Waals surface area contributed by atoms with Gasteiger partial charge in [-0.25, -0.2) is 0 Å². The van der Waals surface area contributed by atoms with Gasteiger partial charge in [-0.3, -0.25) is 0 Å². The summed E-state index contributed by atoms with van der Waals surface area (Å²) in [5.74, 6) is -0.432. The fraction of sp³-hybridized carbons (Fsp3) is 0.333. The second-order valence-corrected chi connectivity index (χ2v) is 4.60. The Bertz CT molecular complexity index is 481. The van der Waals surface area contributed by atoms with Crippen LogP contribution in [0.1, 0.15) is 5.56 Å². The third-order valence-electron chi connectivity index (χ3n) is 1.84. The molecule has 1 aromatic rings. The van der Waals surface area contributed by atoms with Crippen LogP contribution in [0.25, 0.3) is 0 Å². The number of halogens is 3. The fourth-order valence-corrected chi connectivity index (χ4v) is 1.57. The largest absolute Gasteiger partial charge is 0.534 e.